The maximum absolute atomic E-state index is 12.2. The third-order valence-corrected chi connectivity index (χ3v) is 3.97. The molecule has 2 rings (SSSR count). The lowest BCUT2D eigenvalue weighted by Crippen LogP contribution is -2.41. The number of benzene rings is 1. The third kappa shape index (κ3) is 2.52. The van der Waals surface area contributed by atoms with Gasteiger partial charge in [0.2, 0.25) is 0 Å². The van der Waals surface area contributed by atoms with E-state index in [1.807, 2.05) is 0 Å². The van der Waals surface area contributed by atoms with Crippen molar-refractivity contribution in [2.75, 3.05) is 14.2 Å². The molecular weight excluding hydrogens is 252 g/mol. The molecule has 1 aromatic rings. The van der Waals surface area contributed by atoms with Crippen molar-refractivity contribution in [1.82, 2.24) is 0 Å². The van der Waals surface area contributed by atoms with Gasteiger partial charge in [-0.05, 0) is 37.5 Å². The minimum atomic E-state index is -0.246. The van der Waals surface area contributed by atoms with E-state index in [1.54, 1.807) is 25.3 Å². The van der Waals surface area contributed by atoms with E-state index < -0.39 is 0 Å². The highest BCUT2D eigenvalue weighted by Crippen LogP contribution is 2.39. The van der Waals surface area contributed by atoms with Crippen LogP contribution in [0.5, 0.6) is 5.75 Å². The second kappa shape index (κ2) is 5.29. The molecule has 0 spiro atoms. The number of carbonyl (C=O) groups excluding carboxylic acids is 1. The smallest absolute Gasteiger partial charge is 0.165 e. The van der Waals surface area contributed by atoms with Gasteiger partial charge in [0.25, 0.3) is 0 Å². The highest BCUT2D eigenvalue weighted by Gasteiger charge is 2.39. The van der Waals surface area contributed by atoms with Crippen molar-refractivity contribution < 1.29 is 14.3 Å². The molecule has 0 atom stereocenters. The van der Waals surface area contributed by atoms with Crippen LogP contribution in [0.1, 0.15) is 36.0 Å². The largest absolute Gasteiger partial charge is 0.495 e. The maximum Gasteiger partial charge on any atom is 0.165 e. The normalized spacial score (nSPS) is 17.1. The summed E-state index contributed by atoms with van der Waals surface area (Å²) in [7, 11) is 3.22. The van der Waals surface area contributed by atoms with Gasteiger partial charge in [-0.3, -0.25) is 4.79 Å². The Labute approximate surface area is 112 Å². The Bertz CT molecular complexity index is 447. The summed E-state index contributed by atoms with van der Waals surface area (Å²) in [6.07, 6.45) is 3.47. The molecule has 1 aliphatic rings. The zero-order chi connectivity index (χ0) is 13.2. The van der Waals surface area contributed by atoms with Crippen molar-refractivity contribution in [3.05, 3.63) is 28.8 Å². The Kier molecular flexibility index (Phi) is 3.93. The topological polar surface area (TPSA) is 35.5 Å². The average Bonchev–Trinajstić information content (AvgIpc) is 2.34. The zero-order valence-electron chi connectivity index (χ0n) is 10.7. The number of ketones is 1. The van der Waals surface area contributed by atoms with E-state index in [4.69, 9.17) is 21.1 Å². The summed E-state index contributed by atoms with van der Waals surface area (Å²) < 4.78 is 10.6. The molecule has 3 nitrogen and oxygen atoms in total. The fourth-order valence-corrected chi connectivity index (χ4v) is 2.45. The quantitative estimate of drug-likeness (QED) is 0.767. The summed E-state index contributed by atoms with van der Waals surface area (Å²) >= 11 is 5.94. The molecule has 0 aromatic heterocycles. The summed E-state index contributed by atoms with van der Waals surface area (Å²) in [6.45, 7) is 0. The first-order chi connectivity index (χ1) is 8.60. The molecule has 0 radical (unpaired) electrons. The summed E-state index contributed by atoms with van der Waals surface area (Å²) in [6, 6.07) is 5.11. The van der Waals surface area contributed by atoms with Crippen LogP contribution >= 0.6 is 11.6 Å². The van der Waals surface area contributed by atoms with Crippen LogP contribution in [-0.4, -0.2) is 25.6 Å². The Balaban J connectivity index is 2.13. The van der Waals surface area contributed by atoms with Crippen molar-refractivity contribution in [2.45, 2.75) is 31.3 Å². The van der Waals surface area contributed by atoms with E-state index >= 15 is 0 Å². The first-order valence-electron chi connectivity index (χ1n) is 6.02. The Hall–Kier alpha value is -1.06. The van der Waals surface area contributed by atoms with Crippen LogP contribution in [-0.2, 0) is 4.74 Å². The van der Waals surface area contributed by atoms with Gasteiger partial charge in [0.15, 0.2) is 5.78 Å². The van der Waals surface area contributed by atoms with Crippen LogP contribution in [0.4, 0.5) is 0 Å². The Morgan fingerprint density at radius 3 is 2.61 bits per heavy atom. The highest BCUT2D eigenvalue weighted by atomic mass is 35.5. The molecule has 1 saturated carbocycles. The van der Waals surface area contributed by atoms with Crippen molar-refractivity contribution in [1.29, 1.82) is 0 Å². The molecule has 1 aliphatic carbocycles. The van der Waals surface area contributed by atoms with Gasteiger partial charge < -0.3 is 9.47 Å². The van der Waals surface area contributed by atoms with Crippen LogP contribution in [0.2, 0.25) is 5.02 Å². The van der Waals surface area contributed by atoms with Gasteiger partial charge in [-0.2, -0.15) is 0 Å². The fraction of sp³-hybridized carbons (Fsp3) is 0.500. The first kappa shape index (κ1) is 13.4. The van der Waals surface area contributed by atoms with Crippen LogP contribution < -0.4 is 4.74 Å². The second-order valence-corrected chi connectivity index (χ2v) is 5.10. The minimum absolute atomic E-state index is 0.0755. The number of hydrogen-bond donors (Lipinski definition) is 0. The number of hydrogen-bond acceptors (Lipinski definition) is 3. The number of carbonyl (C=O) groups is 1. The maximum atomic E-state index is 12.2. The van der Waals surface area contributed by atoms with Crippen LogP contribution in [0.15, 0.2) is 18.2 Å². The van der Waals surface area contributed by atoms with E-state index in [9.17, 15) is 4.79 Å². The monoisotopic (exact) mass is 268 g/mol. The summed E-state index contributed by atoms with van der Waals surface area (Å²) in [5.41, 5.74) is 0.379. The number of halogens is 1. The fourth-order valence-electron chi connectivity index (χ4n) is 2.25. The standard InChI is InChI=1S/C14H17ClO3/c1-17-13-8-10(4-5-11(13)15)12(16)9-14(18-2)6-3-7-14/h4-5,8H,3,6-7,9H2,1-2H3. The summed E-state index contributed by atoms with van der Waals surface area (Å²) in [5, 5.41) is 0.513. The predicted molar refractivity (Wildman–Crippen MR) is 70.5 cm³/mol. The van der Waals surface area contributed by atoms with Crippen molar-refractivity contribution in [3.63, 3.8) is 0 Å². The lowest BCUT2D eigenvalue weighted by Gasteiger charge is -2.40. The van der Waals surface area contributed by atoms with Crippen LogP contribution in [0, 0.1) is 0 Å². The average molecular weight is 269 g/mol. The molecule has 1 aromatic carbocycles. The lowest BCUT2D eigenvalue weighted by atomic mass is 9.76. The number of Topliss-reactive ketones (excluding diaryl/α,β-unsaturated/α-hetero) is 1. The Morgan fingerprint density at radius 2 is 2.11 bits per heavy atom. The molecule has 18 heavy (non-hydrogen) atoms. The van der Waals surface area contributed by atoms with E-state index in [0.29, 0.717) is 22.8 Å². The van der Waals surface area contributed by atoms with Gasteiger partial charge in [-0.15, -0.1) is 0 Å². The van der Waals surface area contributed by atoms with Crippen molar-refractivity contribution >= 4 is 17.4 Å². The summed E-state index contributed by atoms with van der Waals surface area (Å²) in [4.78, 5) is 12.2. The molecule has 0 heterocycles. The van der Waals surface area contributed by atoms with Gasteiger partial charge in [0.1, 0.15) is 5.75 Å². The molecule has 0 bridgehead atoms. The van der Waals surface area contributed by atoms with E-state index in [2.05, 4.69) is 0 Å². The van der Waals surface area contributed by atoms with Crippen molar-refractivity contribution in [3.8, 4) is 5.75 Å². The lowest BCUT2D eigenvalue weighted by molar-refractivity contribution is -0.0704. The zero-order valence-corrected chi connectivity index (χ0v) is 11.4. The number of methoxy groups -OCH3 is 2. The molecule has 0 amide bonds. The van der Waals surface area contributed by atoms with E-state index in [1.165, 1.54) is 7.11 Å². The first-order valence-corrected chi connectivity index (χ1v) is 6.40. The molecule has 4 heteroatoms. The van der Waals surface area contributed by atoms with Gasteiger partial charge >= 0.3 is 0 Å². The molecule has 0 saturated heterocycles. The molecule has 0 N–H and O–H groups in total. The van der Waals surface area contributed by atoms with Crippen molar-refractivity contribution in [2.24, 2.45) is 0 Å². The summed E-state index contributed by atoms with van der Waals surface area (Å²) in [5.74, 6) is 0.606. The van der Waals surface area contributed by atoms with Crippen LogP contribution in [0.3, 0.4) is 0 Å². The van der Waals surface area contributed by atoms with Gasteiger partial charge in [-0.25, -0.2) is 0 Å². The number of rotatable bonds is 5. The highest BCUT2D eigenvalue weighted by molar-refractivity contribution is 6.32. The molecule has 98 valence electrons. The predicted octanol–water partition coefficient (Wildman–Crippen LogP) is 3.49. The minimum Gasteiger partial charge on any atom is -0.495 e. The SMILES string of the molecule is COc1cc(C(=O)CC2(OC)CCC2)ccc1Cl. The molecule has 0 aliphatic heterocycles. The second-order valence-electron chi connectivity index (χ2n) is 4.69. The van der Waals surface area contributed by atoms with E-state index in [-0.39, 0.29) is 11.4 Å². The molecular formula is C14H17ClO3. The van der Waals surface area contributed by atoms with Gasteiger partial charge in [0.05, 0.1) is 17.7 Å². The van der Waals surface area contributed by atoms with Crippen LogP contribution in [0.25, 0.3) is 0 Å². The van der Waals surface area contributed by atoms with Gasteiger partial charge in [0, 0.05) is 19.1 Å². The molecule has 0 unspecified atom stereocenters. The number of ether oxygens (including phenoxy) is 2. The van der Waals surface area contributed by atoms with Gasteiger partial charge in [-0.1, -0.05) is 11.6 Å². The molecule has 1 fully saturated rings. The Morgan fingerprint density at radius 1 is 1.39 bits per heavy atom. The third-order valence-electron chi connectivity index (χ3n) is 3.65. The van der Waals surface area contributed by atoms with E-state index in [0.717, 1.165) is 19.3 Å².